The van der Waals surface area contributed by atoms with Gasteiger partial charge in [0.05, 0.1) is 0 Å². The van der Waals surface area contributed by atoms with Crippen molar-refractivity contribution in [3.05, 3.63) is 0 Å². The van der Waals surface area contributed by atoms with Gasteiger partial charge in [0.25, 0.3) is 0 Å². The first-order chi connectivity index (χ1) is 8.20. The molecule has 3 heteroatoms. The lowest BCUT2D eigenvalue weighted by Crippen LogP contribution is -2.24. The van der Waals surface area contributed by atoms with Gasteiger partial charge in [-0.15, -0.1) is 0 Å². The number of hydrogen-bond donors (Lipinski definition) is 0. The average molecular weight is 258 g/mol. The summed E-state index contributed by atoms with van der Waals surface area (Å²) >= 11 is -0.959. The Bertz CT molecular complexity index is 151. The van der Waals surface area contributed by atoms with Gasteiger partial charge in [-0.2, -0.15) is 0 Å². The van der Waals surface area contributed by atoms with Crippen LogP contribution in [-0.4, -0.2) is 27.4 Å². The first-order valence-electron chi connectivity index (χ1n) is 7.47. The Morgan fingerprint density at radius 2 is 1.53 bits per heavy atom. The Labute approximate surface area is 113 Å². The lowest BCUT2D eigenvalue weighted by molar-refractivity contribution is -0.0876. The van der Waals surface area contributed by atoms with E-state index in [9.17, 15) is 0 Å². The number of hydrogen-bond acceptors (Lipinski definition) is 2. The Balaban J connectivity index is 3.40. The lowest BCUT2D eigenvalue weighted by atomic mass is 10.1. The average Bonchev–Trinajstić information content (AvgIpc) is 2.27. The summed E-state index contributed by atoms with van der Waals surface area (Å²) < 4.78 is 11.7. The predicted molar refractivity (Wildman–Crippen MR) is 76.6 cm³/mol. The van der Waals surface area contributed by atoms with Crippen LogP contribution in [0.1, 0.15) is 65.2 Å². The fraction of sp³-hybridized carbons (Fsp3) is 1.00. The summed E-state index contributed by atoms with van der Waals surface area (Å²) in [6.07, 6.45) is 10.2. The molecular weight excluding hydrogens is 227 g/mol. The van der Waals surface area contributed by atoms with Crippen molar-refractivity contribution in [2.75, 3.05) is 6.61 Å². The molecule has 0 saturated carbocycles. The Hall–Kier alpha value is 0.452. The SMILES string of the molecule is CCCCCCCCOC(CCC)[O][Al]([CH3])[CH3]. The van der Waals surface area contributed by atoms with Gasteiger partial charge in [-0.25, -0.2) is 0 Å². The lowest BCUT2D eigenvalue weighted by Gasteiger charge is -2.20. The standard InChI is InChI=1S/C12H25O2.2CH3.Al/c1-3-5-6-7-8-9-11-14-12(13)10-4-2;;;/h12H,3-11H2,1-2H3;2*1H3;/q-1;;;+1. The summed E-state index contributed by atoms with van der Waals surface area (Å²) in [4.78, 5) is 0. The van der Waals surface area contributed by atoms with Crippen LogP contribution in [0.25, 0.3) is 0 Å². The Kier molecular flexibility index (Phi) is 13.2. The van der Waals surface area contributed by atoms with Gasteiger partial charge >= 0.3 is 14.5 Å². The van der Waals surface area contributed by atoms with Gasteiger partial charge in [-0.3, -0.25) is 0 Å². The van der Waals surface area contributed by atoms with E-state index in [-0.39, 0.29) is 6.29 Å². The Morgan fingerprint density at radius 3 is 2.12 bits per heavy atom. The molecule has 0 heterocycles. The highest BCUT2D eigenvalue weighted by Crippen LogP contribution is 2.09. The molecule has 0 saturated heterocycles. The van der Waals surface area contributed by atoms with E-state index in [2.05, 4.69) is 25.4 Å². The molecule has 0 aliphatic carbocycles. The zero-order chi connectivity index (χ0) is 12.9. The van der Waals surface area contributed by atoms with Crippen LogP contribution in [0.4, 0.5) is 0 Å². The van der Waals surface area contributed by atoms with Crippen molar-refractivity contribution < 1.29 is 8.53 Å². The third-order valence-electron chi connectivity index (χ3n) is 2.75. The molecule has 0 aliphatic rings. The van der Waals surface area contributed by atoms with Crippen molar-refractivity contribution in [2.45, 2.75) is 83.1 Å². The minimum atomic E-state index is -0.959. The van der Waals surface area contributed by atoms with Crippen LogP contribution in [0.3, 0.4) is 0 Å². The van der Waals surface area contributed by atoms with E-state index in [0.717, 1.165) is 19.4 Å². The fourth-order valence-corrected chi connectivity index (χ4v) is 2.65. The topological polar surface area (TPSA) is 18.5 Å². The third kappa shape index (κ3) is 12.7. The van der Waals surface area contributed by atoms with Crippen molar-refractivity contribution in [3.8, 4) is 0 Å². The number of rotatable bonds is 12. The van der Waals surface area contributed by atoms with Crippen LogP contribution in [0.2, 0.25) is 11.6 Å². The molecule has 2 nitrogen and oxygen atoms in total. The maximum absolute atomic E-state index is 5.85. The molecule has 1 unspecified atom stereocenters. The number of unbranched alkanes of at least 4 members (excludes halogenated alkanes) is 5. The minimum Gasteiger partial charge on any atom is -0.478 e. The van der Waals surface area contributed by atoms with E-state index in [1.165, 1.54) is 38.5 Å². The zero-order valence-corrected chi connectivity index (χ0v) is 13.5. The van der Waals surface area contributed by atoms with Gasteiger partial charge in [0.2, 0.25) is 0 Å². The molecule has 0 aromatic heterocycles. The smallest absolute Gasteiger partial charge is 0.455 e. The molecule has 0 radical (unpaired) electrons. The molecule has 0 rings (SSSR count). The van der Waals surface area contributed by atoms with Crippen molar-refractivity contribution in [1.82, 2.24) is 0 Å². The quantitative estimate of drug-likeness (QED) is 0.285. The molecule has 1 atom stereocenters. The maximum atomic E-state index is 5.85. The van der Waals surface area contributed by atoms with Gasteiger partial charge in [0.1, 0.15) is 6.29 Å². The normalized spacial score (nSPS) is 12.7. The molecule has 0 bridgehead atoms. The van der Waals surface area contributed by atoms with Crippen LogP contribution < -0.4 is 0 Å². The predicted octanol–water partition coefficient (Wildman–Crippen LogP) is 4.76. The Morgan fingerprint density at radius 1 is 0.882 bits per heavy atom. The molecule has 0 aromatic rings. The van der Waals surface area contributed by atoms with Crippen molar-refractivity contribution in [1.29, 1.82) is 0 Å². The van der Waals surface area contributed by atoms with Gasteiger partial charge in [0, 0.05) is 6.61 Å². The van der Waals surface area contributed by atoms with Crippen molar-refractivity contribution in [2.24, 2.45) is 0 Å². The summed E-state index contributed by atoms with van der Waals surface area (Å²) in [5.41, 5.74) is 0. The summed E-state index contributed by atoms with van der Waals surface area (Å²) in [6.45, 7) is 5.32. The molecule has 102 valence electrons. The maximum Gasteiger partial charge on any atom is 0.455 e. The van der Waals surface area contributed by atoms with E-state index in [4.69, 9.17) is 8.53 Å². The summed E-state index contributed by atoms with van der Waals surface area (Å²) in [7, 11) is 0. The first kappa shape index (κ1) is 17.5. The second-order valence-electron chi connectivity index (χ2n) is 5.04. The molecule has 0 aliphatic heterocycles. The van der Waals surface area contributed by atoms with Crippen molar-refractivity contribution in [3.63, 3.8) is 0 Å². The van der Waals surface area contributed by atoms with E-state index in [1.807, 2.05) is 0 Å². The summed E-state index contributed by atoms with van der Waals surface area (Å²) in [6, 6.07) is 0. The summed E-state index contributed by atoms with van der Waals surface area (Å²) in [5, 5.41) is 0. The molecule has 0 spiro atoms. The van der Waals surface area contributed by atoms with Gasteiger partial charge in [-0.05, 0) is 12.8 Å². The highest BCUT2D eigenvalue weighted by Gasteiger charge is 2.13. The van der Waals surface area contributed by atoms with Crippen molar-refractivity contribution >= 4 is 14.5 Å². The van der Waals surface area contributed by atoms with E-state index < -0.39 is 14.5 Å². The van der Waals surface area contributed by atoms with E-state index in [1.54, 1.807) is 0 Å². The molecule has 0 amide bonds. The second kappa shape index (κ2) is 12.9. The van der Waals surface area contributed by atoms with Crippen LogP contribution in [-0.2, 0) is 8.53 Å². The highest BCUT2D eigenvalue weighted by atomic mass is 27.2. The monoisotopic (exact) mass is 258 g/mol. The minimum absolute atomic E-state index is 0.0716. The van der Waals surface area contributed by atoms with Gasteiger partial charge < -0.3 is 8.53 Å². The first-order valence-corrected chi connectivity index (χ1v) is 10.3. The molecule has 0 aromatic carbocycles. The van der Waals surface area contributed by atoms with Crippen LogP contribution >= 0.6 is 0 Å². The fourth-order valence-electron chi connectivity index (χ4n) is 1.83. The molecule has 0 N–H and O–H groups in total. The third-order valence-corrected chi connectivity index (χ3v) is 3.60. The molecule has 0 fully saturated rings. The van der Waals surface area contributed by atoms with E-state index >= 15 is 0 Å². The second-order valence-corrected chi connectivity index (χ2v) is 7.41. The van der Waals surface area contributed by atoms with Gasteiger partial charge in [0.15, 0.2) is 0 Å². The van der Waals surface area contributed by atoms with E-state index in [0.29, 0.717) is 0 Å². The number of ether oxygens (including phenoxy) is 1. The molecule has 17 heavy (non-hydrogen) atoms. The largest absolute Gasteiger partial charge is 0.478 e. The van der Waals surface area contributed by atoms with Crippen LogP contribution in [0.5, 0.6) is 0 Å². The summed E-state index contributed by atoms with van der Waals surface area (Å²) in [5.74, 6) is 4.41. The highest BCUT2D eigenvalue weighted by molar-refractivity contribution is 6.48. The van der Waals surface area contributed by atoms with Gasteiger partial charge in [-0.1, -0.05) is 63.9 Å². The molecular formula is C14H31AlO2. The van der Waals surface area contributed by atoms with Crippen LogP contribution in [0, 0.1) is 0 Å². The van der Waals surface area contributed by atoms with Crippen LogP contribution in [0.15, 0.2) is 0 Å². The zero-order valence-electron chi connectivity index (χ0n) is 12.3.